The highest BCUT2D eigenvalue weighted by Gasteiger charge is 2.23. The van der Waals surface area contributed by atoms with Crippen LogP contribution in [-0.2, 0) is 6.42 Å². The molecule has 0 saturated heterocycles. The Hall–Kier alpha value is -2.01. The lowest BCUT2D eigenvalue weighted by Crippen LogP contribution is -2.22. The van der Waals surface area contributed by atoms with Crippen molar-refractivity contribution in [1.82, 2.24) is 0 Å². The van der Waals surface area contributed by atoms with Gasteiger partial charge in [-0.1, -0.05) is 17.7 Å². The van der Waals surface area contributed by atoms with Crippen LogP contribution in [0.1, 0.15) is 20.8 Å². The van der Waals surface area contributed by atoms with Crippen molar-refractivity contribution in [2.24, 2.45) is 0 Å². The fourth-order valence-corrected chi connectivity index (χ4v) is 2.90. The molecule has 0 radical (unpaired) electrons. The van der Waals surface area contributed by atoms with Crippen molar-refractivity contribution in [2.75, 3.05) is 6.61 Å². The molecule has 1 aromatic heterocycles. The molecule has 20 heavy (non-hydrogen) atoms. The van der Waals surface area contributed by atoms with Gasteiger partial charge in [0.05, 0.1) is 0 Å². The van der Waals surface area contributed by atoms with Crippen LogP contribution in [0, 0.1) is 6.92 Å². The molecule has 1 aliphatic heterocycles. The average Bonchev–Trinajstić information content (AvgIpc) is 3.01. The van der Waals surface area contributed by atoms with Crippen molar-refractivity contribution in [3.63, 3.8) is 0 Å². The van der Waals surface area contributed by atoms with Crippen LogP contribution in [0.15, 0.2) is 29.6 Å². The fraction of sp³-hybridized carbons (Fsp3) is 0.267. The predicted molar refractivity (Wildman–Crippen MR) is 76.1 cm³/mol. The predicted octanol–water partition coefficient (Wildman–Crippen LogP) is 3.14. The summed E-state index contributed by atoms with van der Waals surface area (Å²) >= 11 is 1.16. The Morgan fingerprint density at radius 1 is 1.50 bits per heavy atom. The second-order valence-electron chi connectivity index (χ2n) is 4.82. The summed E-state index contributed by atoms with van der Waals surface area (Å²) in [6, 6.07) is 7.68. The number of aryl methyl sites for hydroxylation is 1. The molecule has 0 fully saturated rings. The Balaban J connectivity index is 1.59. The van der Waals surface area contributed by atoms with Crippen molar-refractivity contribution < 1.29 is 19.4 Å². The maximum Gasteiger partial charge on any atom is 0.346 e. The Morgan fingerprint density at radius 2 is 2.35 bits per heavy atom. The number of aromatic carboxylic acids is 1. The molecule has 2 aromatic rings. The maximum absolute atomic E-state index is 10.8. The zero-order chi connectivity index (χ0) is 14.1. The van der Waals surface area contributed by atoms with E-state index in [1.807, 2.05) is 12.1 Å². The highest BCUT2D eigenvalue weighted by Crippen LogP contribution is 2.30. The second-order valence-corrected chi connectivity index (χ2v) is 5.73. The molecule has 5 heteroatoms. The lowest BCUT2D eigenvalue weighted by atomic mass is 10.1. The monoisotopic (exact) mass is 290 g/mol. The number of fused-ring (bicyclic) bond motifs is 1. The van der Waals surface area contributed by atoms with E-state index in [9.17, 15) is 4.79 Å². The number of carbonyl (C=O) groups is 1. The Morgan fingerprint density at radius 3 is 3.10 bits per heavy atom. The molecule has 2 heterocycles. The molecular weight excluding hydrogens is 276 g/mol. The molecule has 0 aliphatic carbocycles. The van der Waals surface area contributed by atoms with Crippen molar-refractivity contribution in [1.29, 1.82) is 0 Å². The molecule has 0 spiro atoms. The van der Waals surface area contributed by atoms with Crippen LogP contribution in [0.4, 0.5) is 0 Å². The van der Waals surface area contributed by atoms with Crippen LogP contribution < -0.4 is 9.47 Å². The van der Waals surface area contributed by atoms with E-state index in [-0.39, 0.29) is 11.0 Å². The van der Waals surface area contributed by atoms with E-state index >= 15 is 0 Å². The van der Waals surface area contributed by atoms with Gasteiger partial charge in [-0.15, -0.1) is 11.3 Å². The van der Waals surface area contributed by atoms with Crippen LogP contribution in [0.2, 0.25) is 0 Å². The van der Waals surface area contributed by atoms with Crippen LogP contribution >= 0.6 is 11.3 Å². The number of benzene rings is 1. The third-order valence-corrected chi connectivity index (χ3v) is 4.08. The number of rotatable bonds is 4. The summed E-state index contributed by atoms with van der Waals surface area (Å²) in [7, 11) is 0. The molecule has 104 valence electrons. The second kappa shape index (κ2) is 5.17. The normalized spacial score (nSPS) is 16.6. The molecule has 3 rings (SSSR count). The summed E-state index contributed by atoms with van der Waals surface area (Å²) < 4.78 is 11.4. The van der Waals surface area contributed by atoms with Gasteiger partial charge in [0.15, 0.2) is 0 Å². The van der Waals surface area contributed by atoms with Crippen LogP contribution in [0.5, 0.6) is 11.5 Å². The minimum Gasteiger partial charge on any atom is -0.489 e. The largest absolute Gasteiger partial charge is 0.489 e. The van der Waals surface area contributed by atoms with Gasteiger partial charge in [-0.05, 0) is 18.6 Å². The first-order valence-corrected chi connectivity index (χ1v) is 7.20. The Bertz CT molecular complexity index is 647. The molecule has 1 aliphatic rings. The zero-order valence-electron chi connectivity index (χ0n) is 11.0. The number of thiophene rings is 1. The molecule has 1 N–H and O–H groups in total. The molecule has 0 bridgehead atoms. The quantitative estimate of drug-likeness (QED) is 0.940. The van der Waals surface area contributed by atoms with Gasteiger partial charge in [-0.2, -0.15) is 0 Å². The minimum atomic E-state index is -0.926. The van der Waals surface area contributed by atoms with Gasteiger partial charge in [-0.3, -0.25) is 0 Å². The molecule has 4 nitrogen and oxygen atoms in total. The molecular formula is C15H14O4S. The van der Waals surface area contributed by atoms with E-state index < -0.39 is 5.97 Å². The Labute approximate surface area is 120 Å². The van der Waals surface area contributed by atoms with Gasteiger partial charge in [0.1, 0.15) is 29.1 Å². The summed E-state index contributed by atoms with van der Waals surface area (Å²) in [6.45, 7) is 2.48. The van der Waals surface area contributed by atoms with Crippen LogP contribution in [0.25, 0.3) is 0 Å². The molecule has 0 amide bonds. The lowest BCUT2D eigenvalue weighted by molar-refractivity contribution is 0.0701. The van der Waals surface area contributed by atoms with Crippen molar-refractivity contribution in [2.45, 2.75) is 19.4 Å². The maximum atomic E-state index is 10.8. The van der Waals surface area contributed by atoms with E-state index in [2.05, 4.69) is 13.0 Å². The number of carboxylic acid groups (broad SMARTS) is 1. The number of carboxylic acids is 1. The first kappa shape index (κ1) is 13.0. The van der Waals surface area contributed by atoms with Crippen molar-refractivity contribution in [3.05, 3.63) is 45.6 Å². The van der Waals surface area contributed by atoms with Gasteiger partial charge in [0.2, 0.25) is 0 Å². The van der Waals surface area contributed by atoms with Crippen LogP contribution in [0.3, 0.4) is 0 Å². The van der Waals surface area contributed by atoms with E-state index in [0.29, 0.717) is 12.4 Å². The molecule has 1 atom stereocenters. The highest BCUT2D eigenvalue weighted by atomic mass is 32.1. The zero-order valence-corrected chi connectivity index (χ0v) is 11.8. The van der Waals surface area contributed by atoms with E-state index in [4.69, 9.17) is 14.6 Å². The summed E-state index contributed by atoms with van der Waals surface area (Å²) in [6.07, 6.45) is 0.812. The van der Waals surface area contributed by atoms with Gasteiger partial charge >= 0.3 is 5.97 Å². The van der Waals surface area contributed by atoms with Crippen molar-refractivity contribution >= 4 is 17.3 Å². The topological polar surface area (TPSA) is 55.8 Å². The minimum absolute atomic E-state index is 0.0139. The third-order valence-electron chi connectivity index (χ3n) is 3.18. The first-order valence-electron chi connectivity index (χ1n) is 6.32. The highest BCUT2D eigenvalue weighted by molar-refractivity contribution is 7.12. The fourth-order valence-electron chi connectivity index (χ4n) is 2.24. The molecule has 1 aromatic carbocycles. The number of hydrogen-bond donors (Lipinski definition) is 1. The third kappa shape index (κ3) is 2.63. The SMILES string of the molecule is Cc1ccc2c(c1)CC(COc1csc(C(=O)O)c1)O2. The lowest BCUT2D eigenvalue weighted by Gasteiger charge is -2.11. The Kier molecular flexibility index (Phi) is 3.36. The number of ether oxygens (including phenoxy) is 2. The van der Waals surface area contributed by atoms with Gasteiger partial charge in [-0.25, -0.2) is 4.79 Å². The van der Waals surface area contributed by atoms with Crippen molar-refractivity contribution in [3.8, 4) is 11.5 Å². The van der Waals surface area contributed by atoms with Gasteiger partial charge in [0.25, 0.3) is 0 Å². The summed E-state index contributed by atoms with van der Waals surface area (Å²) in [5.74, 6) is 0.578. The smallest absolute Gasteiger partial charge is 0.346 e. The summed E-state index contributed by atoms with van der Waals surface area (Å²) in [4.78, 5) is 11.1. The van der Waals surface area contributed by atoms with Gasteiger partial charge < -0.3 is 14.6 Å². The van der Waals surface area contributed by atoms with Crippen LogP contribution in [-0.4, -0.2) is 23.8 Å². The van der Waals surface area contributed by atoms with E-state index in [1.54, 1.807) is 11.4 Å². The summed E-state index contributed by atoms with van der Waals surface area (Å²) in [5, 5.41) is 10.6. The standard InChI is InChI=1S/C15H14O4S/c1-9-2-3-13-10(4-9)5-11(19-13)7-18-12-6-14(15(16)17)20-8-12/h2-4,6,8,11H,5,7H2,1H3,(H,16,17). The molecule has 0 saturated carbocycles. The molecule has 1 unspecified atom stereocenters. The average molecular weight is 290 g/mol. The summed E-state index contributed by atoms with van der Waals surface area (Å²) in [5.41, 5.74) is 2.42. The van der Waals surface area contributed by atoms with E-state index in [1.165, 1.54) is 11.1 Å². The number of hydrogen-bond acceptors (Lipinski definition) is 4. The first-order chi connectivity index (χ1) is 9.61. The van der Waals surface area contributed by atoms with Gasteiger partial charge in [0, 0.05) is 17.9 Å². The van der Waals surface area contributed by atoms with E-state index in [0.717, 1.165) is 23.5 Å².